The summed E-state index contributed by atoms with van der Waals surface area (Å²) in [6, 6.07) is 1.79. The van der Waals surface area contributed by atoms with E-state index in [1.165, 1.54) is 6.20 Å². The molecule has 2 aromatic rings. The first-order valence-electron chi connectivity index (χ1n) is 4.78. The summed E-state index contributed by atoms with van der Waals surface area (Å²) < 4.78 is 4.67. The second-order valence-electron chi connectivity index (χ2n) is 2.94. The number of hydrogen-bond acceptors (Lipinski definition) is 4. The van der Waals surface area contributed by atoms with Crippen LogP contribution in [0.2, 0.25) is 0 Å². The molecule has 0 amide bonds. The predicted molar refractivity (Wildman–Crippen MR) is 57.4 cm³/mol. The lowest BCUT2D eigenvalue weighted by Gasteiger charge is -1.92. The van der Waals surface area contributed by atoms with Gasteiger partial charge in [-0.3, -0.25) is 0 Å². The van der Waals surface area contributed by atoms with Crippen LogP contribution >= 0.6 is 0 Å². The molecular formula is C11H9N3O2. The molecule has 5 nitrogen and oxygen atoms in total. The predicted octanol–water partition coefficient (Wildman–Crippen LogP) is 0.873. The third-order valence-electron chi connectivity index (χ3n) is 1.83. The van der Waals surface area contributed by atoms with E-state index in [2.05, 4.69) is 31.5 Å². The van der Waals surface area contributed by atoms with Gasteiger partial charge in [0.15, 0.2) is 5.65 Å². The lowest BCUT2D eigenvalue weighted by atomic mass is 10.4. The van der Waals surface area contributed by atoms with Crippen molar-refractivity contribution in [2.24, 2.45) is 0 Å². The molecule has 0 unspecified atom stereocenters. The molecule has 2 rings (SSSR count). The van der Waals surface area contributed by atoms with Crippen molar-refractivity contribution in [2.45, 2.75) is 6.92 Å². The SMILES string of the molecule is CCOC(=O)C#Cc1cnc2[nH]ccc2n1. The van der Waals surface area contributed by atoms with Gasteiger partial charge in [-0.1, -0.05) is 0 Å². The highest BCUT2D eigenvalue weighted by Gasteiger charge is 1.98. The van der Waals surface area contributed by atoms with Gasteiger partial charge in [0.1, 0.15) is 11.2 Å². The molecule has 1 N–H and O–H groups in total. The molecule has 0 bridgehead atoms. The van der Waals surface area contributed by atoms with Crippen LogP contribution in [0.3, 0.4) is 0 Å². The third kappa shape index (κ3) is 2.17. The van der Waals surface area contributed by atoms with Crippen LogP contribution in [0.5, 0.6) is 0 Å². The fraction of sp³-hybridized carbons (Fsp3) is 0.182. The summed E-state index contributed by atoms with van der Waals surface area (Å²) in [5.41, 5.74) is 1.86. The van der Waals surface area contributed by atoms with Crippen LogP contribution in [0.25, 0.3) is 11.2 Å². The smallest absolute Gasteiger partial charge is 0.384 e. The Morgan fingerprint density at radius 1 is 1.62 bits per heavy atom. The summed E-state index contributed by atoms with van der Waals surface area (Å²) >= 11 is 0. The number of carbonyl (C=O) groups is 1. The molecule has 0 aromatic carbocycles. The van der Waals surface area contributed by atoms with Crippen molar-refractivity contribution in [1.29, 1.82) is 0 Å². The minimum Gasteiger partial charge on any atom is -0.456 e. The highest BCUT2D eigenvalue weighted by atomic mass is 16.5. The number of carbonyl (C=O) groups excluding carboxylic acids is 1. The van der Waals surface area contributed by atoms with Gasteiger partial charge in [-0.25, -0.2) is 14.8 Å². The van der Waals surface area contributed by atoms with Crippen LogP contribution in [0.1, 0.15) is 12.6 Å². The highest BCUT2D eigenvalue weighted by Crippen LogP contribution is 2.05. The number of esters is 1. The van der Waals surface area contributed by atoms with E-state index >= 15 is 0 Å². The summed E-state index contributed by atoms with van der Waals surface area (Å²) in [5, 5.41) is 0. The summed E-state index contributed by atoms with van der Waals surface area (Å²) in [4.78, 5) is 22.2. The maximum absolute atomic E-state index is 11.0. The van der Waals surface area contributed by atoms with Crippen molar-refractivity contribution in [1.82, 2.24) is 15.0 Å². The Morgan fingerprint density at radius 2 is 2.50 bits per heavy atom. The fourth-order valence-corrected chi connectivity index (χ4v) is 1.17. The number of ether oxygens (including phenoxy) is 1. The van der Waals surface area contributed by atoms with Crippen molar-refractivity contribution in [3.8, 4) is 11.8 Å². The van der Waals surface area contributed by atoms with Crippen molar-refractivity contribution in [3.05, 3.63) is 24.2 Å². The van der Waals surface area contributed by atoms with Gasteiger partial charge in [0.2, 0.25) is 0 Å². The Morgan fingerprint density at radius 3 is 3.31 bits per heavy atom. The fourth-order valence-electron chi connectivity index (χ4n) is 1.17. The zero-order valence-corrected chi connectivity index (χ0v) is 8.65. The van der Waals surface area contributed by atoms with E-state index in [-0.39, 0.29) is 0 Å². The van der Waals surface area contributed by atoms with Crippen molar-refractivity contribution >= 4 is 17.1 Å². The molecule has 80 valence electrons. The van der Waals surface area contributed by atoms with Crippen LogP contribution in [0.15, 0.2) is 18.5 Å². The maximum Gasteiger partial charge on any atom is 0.384 e. The number of nitrogens with one attached hydrogen (secondary N) is 1. The van der Waals surface area contributed by atoms with Crippen LogP contribution in [-0.4, -0.2) is 27.5 Å². The second kappa shape index (κ2) is 4.45. The van der Waals surface area contributed by atoms with Crippen molar-refractivity contribution < 1.29 is 9.53 Å². The summed E-state index contributed by atoms with van der Waals surface area (Å²) in [6.07, 6.45) is 3.25. The van der Waals surface area contributed by atoms with E-state index < -0.39 is 5.97 Å². The van der Waals surface area contributed by atoms with Crippen LogP contribution in [-0.2, 0) is 9.53 Å². The van der Waals surface area contributed by atoms with Gasteiger partial charge in [-0.05, 0) is 18.9 Å². The van der Waals surface area contributed by atoms with E-state index in [9.17, 15) is 4.79 Å². The number of H-pyrrole nitrogens is 1. The molecule has 0 spiro atoms. The number of aromatic amines is 1. The molecular weight excluding hydrogens is 206 g/mol. The normalized spacial score (nSPS) is 9.56. The lowest BCUT2D eigenvalue weighted by Crippen LogP contribution is -1.99. The third-order valence-corrected chi connectivity index (χ3v) is 1.83. The van der Waals surface area contributed by atoms with Gasteiger partial charge in [-0.15, -0.1) is 0 Å². The topological polar surface area (TPSA) is 67.9 Å². The Bertz CT molecular complexity index is 577. The van der Waals surface area contributed by atoms with Gasteiger partial charge in [0.05, 0.1) is 12.8 Å². The van der Waals surface area contributed by atoms with Crippen molar-refractivity contribution in [2.75, 3.05) is 6.61 Å². The molecule has 0 fully saturated rings. The summed E-state index contributed by atoms with van der Waals surface area (Å²) in [5.74, 6) is 4.38. The Balaban J connectivity index is 2.23. The molecule has 5 heteroatoms. The number of rotatable bonds is 1. The van der Waals surface area contributed by atoms with E-state index in [1.54, 1.807) is 19.2 Å². The maximum atomic E-state index is 11.0. The average Bonchev–Trinajstić information content (AvgIpc) is 2.74. The summed E-state index contributed by atoms with van der Waals surface area (Å²) in [6.45, 7) is 2.04. The Kier molecular flexibility index (Phi) is 2.83. The molecule has 0 aliphatic rings. The highest BCUT2D eigenvalue weighted by molar-refractivity contribution is 5.89. The van der Waals surface area contributed by atoms with Gasteiger partial charge in [-0.2, -0.15) is 0 Å². The minimum atomic E-state index is -0.557. The quantitative estimate of drug-likeness (QED) is 0.566. The standard InChI is InChI=1S/C11H9N3O2/c1-2-16-10(15)4-3-8-7-13-11-9(14-8)5-6-12-11/h5-7H,2H2,1H3,(H,12,13). The van der Waals surface area contributed by atoms with E-state index in [0.717, 1.165) is 5.52 Å². The van der Waals surface area contributed by atoms with Gasteiger partial charge in [0.25, 0.3) is 0 Å². The van der Waals surface area contributed by atoms with Gasteiger partial charge < -0.3 is 9.72 Å². The molecule has 2 heterocycles. The van der Waals surface area contributed by atoms with Gasteiger partial charge >= 0.3 is 5.97 Å². The zero-order valence-electron chi connectivity index (χ0n) is 8.65. The molecule has 16 heavy (non-hydrogen) atoms. The number of aromatic nitrogens is 3. The number of fused-ring (bicyclic) bond motifs is 1. The molecule has 0 saturated heterocycles. The van der Waals surface area contributed by atoms with Gasteiger partial charge in [0, 0.05) is 12.1 Å². The first-order valence-corrected chi connectivity index (χ1v) is 4.78. The largest absolute Gasteiger partial charge is 0.456 e. The van der Waals surface area contributed by atoms with E-state index in [0.29, 0.717) is 17.9 Å². The molecule has 0 aliphatic carbocycles. The molecule has 0 radical (unpaired) electrons. The second-order valence-corrected chi connectivity index (χ2v) is 2.94. The average molecular weight is 215 g/mol. The zero-order chi connectivity index (χ0) is 11.4. The summed E-state index contributed by atoms with van der Waals surface area (Å²) in [7, 11) is 0. The van der Waals surface area contributed by atoms with E-state index in [1.807, 2.05) is 0 Å². The van der Waals surface area contributed by atoms with Crippen molar-refractivity contribution in [3.63, 3.8) is 0 Å². The minimum absolute atomic E-state index is 0.316. The molecule has 0 aliphatic heterocycles. The first-order chi connectivity index (χ1) is 7.79. The van der Waals surface area contributed by atoms with Crippen LogP contribution in [0.4, 0.5) is 0 Å². The Labute approximate surface area is 91.9 Å². The van der Waals surface area contributed by atoms with Crippen LogP contribution in [0, 0.1) is 11.8 Å². The first kappa shape index (κ1) is 10.2. The molecule has 2 aromatic heterocycles. The number of hydrogen-bond donors (Lipinski definition) is 1. The lowest BCUT2D eigenvalue weighted by molar-refractivity contribution is -0.136. The van der Waals surface area contributed by atoms with E-state index in [4.69, 9.17) is 0 Å². The number of nitrogens with zero attached hydrogens (tertiary/aromatic N) is 2. The molecule has 0 saturated carbocycles. The monoisotopic (exact) mass is 215 g/mol. The molecule has 0 atom stereocenters. The Hall–Kier alpha value is -2.35. The van der Waals surface area contributed by atoms with Crippen LogP contribution < -0.4 is 0 Å².